The molecule has 1 aliphatic rings. The highest BCUT2D eigenvalue weighted by Crippen LogP contribution is 2.37. The monoisotopic (exact) mass is 387 g/mol. The summed E-state index contributed by atoms with van der Waals surface area (Å²) < 4.78 is 26.3. The Morgan fingerprint density at radius 1 is 1.07 bits per heavy atom. The molecule has 1 aromatic carbocycles. The molecule has 0 aliphatic heterocycles. The maximum atomic E-state index is 13.3. The normalized spacial score (nSPS) is 19.4. The molecular weight excluding hydrogens is 364 g/mol. The van der Waals surface area contributed by atoms with Crippen molar-refractivity contribution < 1.29 is 8.78 Å². The lowest BCUT2D eigenvalue weighted by atomic mass is 9.77. The molecule has 1 fully saturated rings. The van der Waals surface area contributed by atoms with Crippen LogP contribution in [0.15, 0.2) is 30.3 Å². The van der Waals surface area contributed by atoms with Gasteiger partial charge in [0.1, 0.15) is 5.15 Å². The minimum Gasteiger partial charge on any atom is -0.204 e. The summed E-state index contributed by atoms with van der Waals surface area (Å²) in [4.78, 5) is 3.31. The average Bonchev–Trinajstić information content (AvgIpc) is 2.69. The summed E-state index contributed by atoms with van der Waals surface area (Å²) in [6.45, 7) is 2.26. The molecule has 0 atom stereocenters. The van der Waals surface area contributed by atoms with Gasteiger partial charge in [-0.1, -0.05) is 61.8 Å². The van der Waals surface area contributed by atoms with Crippen molar-refractivity contribution in [2.24, 2.45) is 5.92 Å². The topological polar surface area (TPSA) is 12.9 Å². The lowest BCUT2D eigenvalue weighted by Crippen LogP contribution is -2.13. The minimum atomic E-state index is -1.21. The molecule has 1 heterocycles. The molecule has 0 bridgehead atoms. The van der Waals surface area contributed by atoms with E-state index in [1.807, 2.05) is 12.1 Å². The Labute approximate surface area is 165 Å². The van der Waals surface area contributed by atoms with Gasteiger partial charge in [-0.15, -0.1) is 0 Å². The van der Waals surface area contributed by atoms with E-state index < -0.39 is 11.8 Å². The average molecular weight is 388 g/mol. The van der Waals surface area contributed by atoms with Crippen LogP contribution in [0.3, 0.4) is 0 Å². The van der Waals surface area contributed by atoms with Crippen LogP contribution < -0.4 is 0 Å². The van der Waals surface area contributed by atoms with Crippen LogP contribution in [-0.4, -0.2) is 4.98 Å². The van der Waals surface area contributed by atoms with Crippen LogP contribution in [0.1, 0.15) is 74.5 Å². The lowest BCUT2D eigenvalue weighted by molar-refractivity contribution is 0.304. The van der Waals surface area contributed by atoms with Crippen molar-refractivity contribution in [3.8, 4) is 11.8 Å². The quantitative estimate of drug-likeness (QED) is 0.411. The highest BCUT2D eigenvalue weighted by atomic mass is 35.5. The summed E-state index contributed by atoms with van der Waals surface area (Å²) in [6.07, 6.45) is 9.18. The van der Waals surface area contributed by atoms with E-state index in [0.29, 0.717) is 5.92 Å². The van der Waals surface area contributed by atoms with E-state index >= 15 is 0 Å². The fourth-order valence-corrected chi connectivity index (χ4v) is 3.96. The molecule has 27 heavy (non-hydrogen) atoms. The van der Waals surface area contributed by atoms with E-state index in [1.54, 1.807) is 0 Å². The van der Waals surface area contributed by atoms with Crippen molar-refractivity contribution in [1.29, 1.82) is 0 Å². The van der Waals surface area contributed by atoms with Crippen LogP contribution in [0.2, 0.25) is 5.15 Å². The van der Waals surface area contributed by atoms with Crippen molar-refractivity contribution in [3.05, 3.63) is 63.9 Å². The molecule has 0 unspecified atom stereocenters. The van der Waals surface area contributed by atoms with Crippen molar-refractivity contribution in [2.75, 3.05) is 0 Å². The maximum absolute atomic E-state index is 13.3. The Hall–Kier alpha value is -1.92. The Morgan fingerprint density at radius 3 is 2.44 bits per heavy atom. The zero-order valence-electron chi connectivity index (χ0n) is 15.6. The van der Waals surface area contributed by atoms with Gasteiger partial charge in [0.2, 0.25) is 5.95 Å². The molecule has 1 aromatic heterocycles. The van der Waals surface area contributed by atoms with E-state index in [4.69, 9.17) is 11.6 Å². The van der Waals surface area contributed by atoms with Crippen molar-refractivity contribution >= 4 is 11.6 Å². The fourth-order valence-electron chi connectivity index (χ4n) is 3.79. The van der Waals surface area contributed by atoms with Crippen LogP contribution in [-0.2, 0) is 0 Å². The molecule has 0 spiro atoms. The first kappa shape index (κ1) is 19.8. The zero-order chi connectivity index (χ0) is 19.2. The molecule has 0 amide bonds. The zero-order valence-corrected chi connectivity index (χ0v) is 16.3. The third kappa shape index (κ3) is 5.30. The maximum Gasteiger partial charge on any atom is 0.250 e. The summed E-state index contributed by atoms with van der Waals surface area (Å²) in [5.41, 5.74) is 2.36. The second-order valence-corrected chi connectivity index (χ2v) is 7.69. The fraction of sp³-hybridized carbons (Fsp3) is 0.435. The first-order chi connectivity index (χ1) is 13.1. The highest BCUT2D eigenvalue weighted by Gasteiger charge is 2.21. The third-order valence-electron chi connectivity index (χ3n) is 5.42. The molecular formula is C23H24ClF2N. The summed E-state index contributed by atoms with van der Waals surface area (Å²) >= 11 is 5.82. The standard InChI is InChI=1S/C23H24ClF2N/c1-2-3-4-16-5-10-18(11-6-16)19-12-7-17(8-13-19)9-14-20-15-21(25)23(26)27-22(20)24/h7-8,12-13,15-16,18H,2-6,10-11H2,1H3/t16-,18-. The lowest BCUT2D eigenvalue weighted by Gasteiger charge is -2.28. The number of halogens is 3. The number of hydrogen-bond donors (Lipinski definition) is 0. The number of unbranched alkanes of at least 4 members (excludes halogenated alkanes) is 1. The Kier molecular flexibility index (Phi) is 6.85. The van der Waals surface area contributed by atoms with E-state index in [0.717, 1.165) is 17.5 Å². The molecule has 3 rings (SSSR count). The van der Waals surface area contributed by atoms with Gasteiger partial charge in [0, 0.05) is 5.56 Å². The SMILES string of the molecule is CCCC[C@H]1CC[C@H](c2ccc(C#Cc3cc(F)c(F)nc3Cl)cc2)CC1. The van der Waals surface area contributed by atoms with E-state index in [9.17, 15) is 8.78 Å². The third-order valence-corrected chi connectivity index (χ3v) is 5.71. The molecule has 142 valence electrons. The molecule has 0 saturated heterocycles. The summed E-state index contributed by atoms with van der Waals surface area (Å²) in [5.74, 6) is 5.00. The smallest absolute Gasteiger partial charge is 0.204 e. The predicted octanol–water partition coefficient (Wildman–Crippen LogP) is 6.88. The second-order valence-electron chi connectivity index (χ2n) is 7.33. The number of rotatable bonds is 4. The largest absolute Gasteiger partial charge is 0.250 e. The molecule has 0 radical (unpaired) electrons. The number of nitrogens with zero attached hydrogens (tertiary/aromatic N) is 1. The summed E-state index contributed by atoms with van der Waals surface area (Å²) in [7, 11) is 0. The van der Waals surface area contributed by atoms with Crippen LogP contribution in [0.4, 0.5) is 8.78 Å². The minimum absolute atomic E-state index is 0.127. The van der Waals surface area contributed by atoms with Gasteiger partial charge in [0.05, 0.1) is 5.56 Å². The van der Waals surface area contributed by atoms with Gasteiger partial charge in [0.15, 0.2) is 5.82 Å². The van der Waals surface area contributed by atoms with Gasteiger partial charge in [-0.25, -0.2) is 9.37 Å². The molecule has 2 aromatic rings. The van der Waals surface area contributed by atoms with Gasteiger partial charge in [-0.05, 0) is 61.3 Å². The highest BCUT2D eigenvalue weighted by molar-refractivity contribution is 6.30. The van der Waals surface area contributed by atoms with E-state index in [1.165, 1.54) is 50.5 Å². The van der Waals surface area contributed by atoms with Crippen LogP contribution in [0, 0.1) is 29.5 Å². The van der Waals surface area contributed by atoms with Crippen LogP contribution in [0.5, 0.6) is 0 Å². The van der Waals surface area contributed by atoms with Crippen LogP contribution in [0.25, 0.3) is 0 Å². The summed E-state index contributed by atoms with van der Waals surface area (Å²) in [5, 5.41) is -0.127. The van der Waals surface area contributed by atoms with E-state index in [2.05, 4.69) is 35.9 Å². The van der Waals surface area contributed by atoms with Gasteiger partial charge >= 0.3 is 0 Å². The molecule has 0 N–H and O–H groups in total. The van der Waals surface area contributed by atoms with Gasteiger partial charge in [-0.3, -0.25) is 0 Å². The first-order valence-electron chi connectivity index (χ1n) is 9.70. The summed E-state index contributed by atoms with van der Waals surface area (Å²) in [6, 6.07) is 9.20. The first-order valence-corrected chi connectivity index (χ1v) is 10.1. The number of pyridine rings is 1. The van der Waals surface area contributed by atoms with E-state index in [-0.39, 0.29) is 10.7 Å². The van der Waals surface area contributed by atoms with Crippen LogP contribution >= 0.6 is 11.6 Å². The molecule has 1 nitrogen and oxygen atoms in total. The van der Waals surface area contributed by atoms with Crippen molar-refractivity contribution in [1.82, 2.24) is 4.98 Å². The van der Waals surface area contributed by atoms with Crippen molar-refractivity contribution in [2.45, 2.75) is 57.8 Å². The van der Waals surface area contributed by atoms with Gasteiger partial charge < -0.3 is 0 Å². The number of hydrogen-bond acceptors (Lipinski definition) is 1. The molecule has 1 aliphatic carbocycles. The Bertz CT molecular complexity index is 828. The molecule has 4 heteroatoms. The van der Waals surface area contributed by atoms with Gasteiger partial charge in [0.25, 0.3) is 0 Å². The molecule has 1 saturated carbocycles. The van der Waals surface area contributed by atoms with Crippen molar-refractivity contribution in [3.63, 3.8) is 0 Å². The Balaban J connectivity index is 1.63. The number of aromatic nitrogens is 1. The second kappa shape index (κ2) is 9.33. The predicted molar refractivity (Wildman–Crippen MR) is 106 cm³/mol. The number of benzene rings is 1. The Morgan fingerprint density at radius 2 is 1.78 bits per heavy atom. The van der Waals surface area contributed by atoms with Gasteiger partial charge in [-0.2, -0.15) is 4.39 Å².